The van der Waals surface area contributed by atoms with Crippen LogP contribution < -0.4 is 11.1 Å². The Labute approximate surface area is 133 Å². The highest BCUT2D eigenvalue weighted by atomic mass is 35.5. The molecule has 5 heteroatoms. The number of nitrogens with one attached hydrogen (secondary N) is 1. The summed E-state index contributed by atoms with van der Waals surface area (Å²) in [7, 11) is 0. The van der Waals surface area contributed by atoms with Crippen LogP contribution in [0.25, 0.3) is 0 Å². The molecule has 3 N–H and O–H groups in total. The van der Waals surface area contributed by atoms with Gasteiger partial charge >= 0.3 is 0 Å². The predicted molar refractivity (Wildman–Crippen MR) is 88.7 cm³/mol. The number of nitrogens with two attached hydrogens (primary N) is 1. The molecule has 0 saturated carbocycles. The highest BCUT2D eigenvalue weighted by Gasteiger charge is 2.25. The van der Waals surface area contributed by atoms with E-state index in [0.29, 0.717) is 13.2 Å². The second kappa shape index (κ2) is 10.6. The highest BCUT2D eigenvalue weighted by Crippen LogP contribution is 2.12. The van der Waals surface area contributed by atoms with Crippen molar-refractivity contribution in [3.63, 3.8) is 0 Å². The SMILES string of the molecule is CCC(CC)(CN)NC(=O)COCCc1ccccc1.Cl. The molecule has 0 aliphatic carbocycles. The van der Waals surface area contributed by atoms with Crippen molar-refractivity contribution in [2.45, 2.75) is 38.6 Å². The maximum atomic E-state index is 11.9. The second-order valence-electron chi connectivity index (χ2n) is 5.03. The molecule has 0 bridgehead atoms. The van der Waals surface area contributed by atoms with Gasteiger partial charge in [0.05, 0.1) is 12.1 Å². The summed E-state index contributed by atoms with van der Waals surface area (Å²) in [5.41, 5.74) is 6.67. The van der Waals surface area contributed by atoms with E-state index in [0.717, 1.165) is 19.3 Å². The van der Waals surface area contributed by atoms with Crippen molar-refractivity contribution < 1.29 is 9.53 Å². The lowest BCUT2D eigenvalue weighted by molar-refractivity contribution is -0.127. The van der Waals surface area contributed by atoms with Crippen LogP contribution in [0.4, 0.5) is 0 Å². The molecule has 0 aliphatic rings. The van der Waals surface area contributed by atoms with Gasteiger partial charge in [-0.1, -0.05) is 44.2 Å². The number of carbonyl (C=O) groups excluding carboxylic acids is 1. The lowest BCUT2D eigenvalue weighted by Crippen LogP contribution is -2.53. The van der Waals surface area contributed by atoms with Gasteiger partial charge in [-0.15, -0.1) is 12.4 Å². The summed E-state index contributed by atoms with van der Waals surface area (Å²) in [5, 5.41) is 2.99. The minimum atomic E-state index is -0.292. The molecule has 4 nitrogen and oxygen atoms in total. The van der Waals surface area contributed by atoms with E-state index in [4.69, 9.17) is 10.5 Å². The predicted octanol–water partition coefficient (Wildman–Crippen LogP) is 2.30. The molecule has 0 saturated heterocycles. The molecule has 0 radical (unpaired) electrons. The zero-order valence-electron chi connectivity index (χ0n) is 12.9. The molecule has 120 valence electrons. The Balaban J connectivity index is 0.00000400. The lowest BCUT2D eigenvalue weighted by atomic mass is 9.93. The number of rotatable bonds is 9. The molecule has 0 atom stereocenters. The quantitative estimate of drug-likeness (QED) is 0.687. The van der Waals surface area contributed by atoms with E-state index in [2.05, 4.69) is 17.4 Å². The summed E-state index contributed by atoms with van der Waals surface area (Å²) in [6.07, 6.45) is 2.48. The van der Waals surface area contributed by atoms with Crippen LogP contribution in [0.5, 0.6) is 0 Å². The maximum absolute atomic E-state index is 11.9. The van der Waals surface area contributed by atoms with Gasteiger partial charge in [0.15, 0.2) is 0 Å². The molecule has 0 spiro atoms. The van der Waals surface area contributed by atoms with Gasteiger partial charge in [-0.2, -0.15) is 0 Å². The van der Waals surface area contributed by atoms with Crippen molar-refractivity contribution in [2.24, 2.45) is 5.73 Å². The number of carbonyl (C=O) groups is 1. The Morgan fingerprint density at radius 1 is 1.24 bits per heavy atom. The van der Waals surface area contributed by atoms with Gasteiger partial charge in [0.25, 0.3) is 0 Å². The number of hydrogen-bond acceptors (Lipinski definition) is 3. The monoisotopic (exact) mass is 314 g/mol. The Kier molecular flexibility index (Phi) is 10.0. The third kappa shape index (κ3) is 6.93. The molecule has 0 heterocycles. The second-order valence-corrected chi connectivity index (χ2v) is 5.03. The molecule has 1 aromatic rings. The first-order chi connectivity index (χ1) is 9.65. The fourth-order valence-corrected chi connectivity index (χ4v) is 2.10. The van der Waals surface area contributed by atoms with E-state index in [-0.39, 0.29) is 30.5 Å². The molecule has 21 heavy (non-hydrogen) atoms. The Bertz CT molecular complexity index is 386. The Morgan fingerprint density at radius 2 is 1.86 bits per heavy atom. The third-order valence-corrected chi connectivity index (χ3v) is 3.76. The largest absolute Gasteiger partial charge is 0.371 e. The van der Waals surface area contributed by atoms with Crippen LogP contribution in [0.15, 0.2) is 30.3 Å². The number of amides is 1. The molecular formula is C16H27ClN2O2. The van der Waals surface area contributed by atoms with Crippen LogP contribution in [0.1, 0.15) is 32.3 Å². The van der Waals surface area contributed by atoms with E-state index in [1.165, 1.54) is 5.56 Å². The van der Waals surface area contributed by atoms with Crippen LogP contribution >= 0.6 is 12.4 Å². The fourth-order valence-electron chi connectivity index (χ4n) is 2.10. The summed E-state index contributed by atoms with van der Waals surface area (Å²) in [4.78, 5) is 11.9. The van der Waals surface area contributed by atoms with Gasteiger partial charge in [-0.05, 0) is 24.8 Å². The summed E-state index contributed by atoms with van der Waals surface area (Å²) in [6.45, 7) is 5.16. The van der Waals surface area contributed by atoms with E-state index in [1.807, 2.05) is 32.0 Å². The van der Waals surface area contributed by atoms with Gasteiger partial charge in [-0.25, -0.2) is 0 Å². The molecule has 1 aromatic carbocycles. The zero-order chi connectivity index (χ0) is 14.8. The molecule has 0 aliphatic heterocycles. The molecule has 0 unspecified atom stereocenters. The average Bonchev–Trinajstić information content (AvgIpc) is 2.50. The minimum Gasteiger partial charge on any atom is -0.371 e. The number of hydrogen-bond donors (Lipinski definition) is 2. The number of halogens is 1. The van der Waals surface area contributed by atoms with Gasteiger partial charge in [0, 0.05) is 6.54 Å². The topological polar surface area (TPSA) is 64.3 Å². The molecule has 0 fully saturated rings. The van der Waals surface area contributed by atoms with E-state index in [1.54, 1.807) is 0 Å². The maximum Gasteiger partial charge on any atom is 0.246 e. The summed E-state index contributed by atoms with van der Waals surface area (Å²) in [6, 6.07) is 10.1. The van der Waals surface area contributed by atoms with Crippen LogP contribution in [0, 0.1) is 0 Å². The molecular weight excluding hydrogens is 288 g/mol. The first-order valence-corrected chi connectivity index (χ1v) is 7.28. The minimum absolute atomic E-state index is 0. The van der Waals surface area contributed by atoms with Crippen LogP contribution in [0.3, 0.4) is 0 Å². The standard InChI is InChI=1S/C16H26N2O2.ClH/c1-3-16(4-2,13-17)18-15(19)12-20-11-10-14-8-6-5-7-9-14;/h5-9H,3-4,10-13,17H2,1-2H3,(H,18,19);1H. The highest BCUT2D eigenvalue weighted by molar-refractivity contribution is 5.85. The van der Waals surface area contributed by atoms with Gasteiger partial charge in [0.1, 0.15) is 6.61 Å². The third-order valence-electron chi connectivity index (χ3n) is 3.76. The van der Waals surface area contributed by atoms with Crippen LogP contribution in [-0.2, 0) is 16.0 Å². The fraction of sp³-hybridized carbons (Fsp3) is 0.562. The number of ether oxygens (including phenoxy) is 1. The van der Waals surface area contributed by atoms with E-state index >= 15 is 0 Å². The summed E-state index contributed by atoms with van der Waals surface area (Å²) >= 11 is 0. The van der Waals surface area contributed by atoms with Crippen molar-refractivity contribution in [3.05, 3.63) is 35.9 Å². The Morgan fingerprint density at radius 3 is 2.38 bits per heavy atom. The van der Waals surface area contributed by atoms with Crippen molar-refractivity contribution in [3.8, 4) is 0 Å². The smallest absolute Gasteiger partial charge is 0.246 e. The normalized spacial score (nSPS) is 10.8. The molecule has 1 rings (SSSR count). The lowest BCUT2D eigenvalue weighted by Gasteiger charge is -2.31. The zero-order valence-corrected chi connectivity index (χ0v) is 13.7. The van der Waals surface area contributed by atoms with Gasteiger partial charge < -0.3 is 15.8 Å². The van der Waals surface area contributed by atoms with Crippen molar-refractivity contribution >= 4 is 18.3 Å². The first-order valence-electron chi connectivity index (χ1n) is 7.28. The van der Waals surface area contributed by atoms with Crippen molar-refractivity contribution in [2.75, 3.05) is 19.8 Å². The Hall–Kier alpha value is -1.10. The van der Waals surface area contributed by atoms with Gasteiger partial charge in [0.2, 0.25) is 5.91 Å². The average molecular weight is 315 g/mol. The van der Waals surface area contributed by atoms with Crippen molar-refractivity contribution in [1.82, 2.24) is 5.32 Å². The van der Waals surface area contributed by atoms with Crippen molar-refractivity contribution in [1.29, 1.82) is 0 Å². The molecule has 1 amide bonds. The van der Waals surface area contributed by atoms with Crippen LogP contribution in [-0.4, -0.2) is 31.2 Å². The van der Waals surface area contributed by atoms with Gasteiger partial charge in [-0.3, -0.25) is 4.79 Å². The van der Waals surface area contributed by atoms with Crippen LogP contribution in [0.2, 0.25) is 0 Å². The van der Waals surface area contributed by atoms with E-state index in [9.17, 15) is 4.79 Å². The van der Waals surface area contributed by atoms with E-state index < -0.39 is 0 Å². The summed E-state index contributed by atoms with van der Waals surface area (Å²) in [5.74, 6) is -0.0905. The number of benzene rings is 1. The summed E-state index contributed by atoms with van der Waals surface area (Å²) < 4.78 is 5.43. The first kappa shape index (κ1) is 19.9. The molecule has 0 aromatic heterocycles.